The van der Waals surface area contributed by atoms with Crippen LogP contribution in [0.2, 0.25) is 0 Å². The summed E-state index contributed by atoms with van der Waals surface area (Å²) in [5.74, 6) is -0.364. The first-order valence-corrected chi connectivity index (χ1v) is 9.02. The van der Waals surface area contributed by atoms with Gasteiger partial charge in [-0.3, -0.25) is 25.3 Å². The van der Waals surface area contributed by atoms with E-state index in [1.807, 2.05) is 72.8 Å². The maximum atomic E-state index is 12.9. The van der Waals surface area contributed by atoms with Gasteiger partial charge in [-0.05, 0) is 35.7 Å². The van der Waals surface area contributed by atoms with E-state index in [0.717, 1.165) is 22.1 Å². The Labute approximate surface area is 167 Å². The Morgan fingerprint density at radius 3 is 2.17 bits per heavy atom. The van der Waals surface area contributed by atoms with Crippen LogP contribution in [-0.2, 0) is 0 Å². The molecule has 6 heteroatoms. The molecule has 142 valence electrons. The molecule has 0 fully saturated rings. The van der Waals surface area contributed by atoms with Gasteiger partial charge in [0.05, 0.1) is 16.3 Å². The largest absolute Gasteiger partial charge is 0.270 e. The van der Waals surface area contributed by atoms with Gasteiger partial charge in [-0.2, -0.15) is 0 Å². The Balaban J connectivity index is 1.74. The third-order valence-electron chi connectivity index (χ3n) is 4.58. The van der Waals surface area contributed by atoms with Gasteiger partial charge in [0.25, 0.3) is 11.6 Å². The highest BCUT2D eigenvalue weighted by Gasteiger charge is 2.17. The molecule has 6 nitrogen and oxygen atoms in total. The van der Waals surface area contributed by atoms with E-state index in [1.54, 1.807) is 5.01 Å². The monoisotopic (exact) mass is 383 g/mol. The van der Waals surface area contributed by atoms with Crippen LogP contribution < -0.4 is 10.4 Å². The van der Waals surface area contributed by atoms with Crippen LogP contribution in [0.1, 0.15) is 10.4 Å². The molecule has 29 heavy (non-hydrogen) atoms. The van der Waals surface area contributed by atoms with Crippen LogP contribution in [0, 0.1) is 10.1 Å². The number of nitrogens with zero attached hydrogens (tertiary/aromatic N) is 2. The molecule has 1 amide bonds. The second kappa shape index (κ2) is 7.82. The lowest BCUT2D eigenvalue weighted by atomic mass is 10.1. The first-order chi connectivity index (χ1) is 14.1. The van der Waals surface area contributed by atoms with Crippen LogP contribution in [0.15, 0.2) is 97.1 Å². The fourth-order valence-electron chi connectivity index (χ4n) is 3.14. The molecule has 0 atom stereocenters. The van der Waals surface area contributed by atoms with E-state index >= 15 is 0 Å². The number of carbonyl (C=O) groups is 1. The lowest BCUT2D eigenvalue weighted by Gasteiger charge is -2.27. The summed E-state index contributed by atoms with van der Waals surface area (Å²) >= 11 is 0. The molecule has 0 aromatic heterocycles. The average molecular weight is 383 g/mol. The number of benzene rings is 4. The molecule has 0 saturated carbocycles. The van der Waals surface area contributed by atoms with Gasteiger partial charge in [0.2, 0.25) is 0 Å². The summed E-state index contributed by atoms with van der Waals surface area (Å²) < 4.78 is 0. The van der Waals surface area contributed by atoms with E-state index in [-0.39, 0.29) is 11.6 Å². The Bertz CT molecular complexity index is 1170. The molecular weight excluding hydrogens is 366 g/mol. The highest BCUT2D eigenvalue weighted by Crippen LogP contribution is 2.31. The van der Waals surface area contributed by atoms with E-state index in [9.17, 15) is 14.9 Å². The standard InChI is InChI=1S/C23H17N3O3/c27-23(18-13-15-20(16-14-18)26(28)29)24-25(19-9-2-1-3-10-19)22-12-6-8-17-7-4-5-11-21(17)22/h1-16H,(H,24,27). The van der Waals surface area contributed by atoms with E-state index in [0.29, 0.717) is 5.56 Å². The van der Waals surface area contributed by atoms with Crippen LogP contribution in [0.5, 0.6) is 0 Å². The predicted octanol–water partition coefficient (Wildman–Crippen LogP) is 5.23. The smallest absolute Gasteiger partial charge is 0.267 e. The van der Waals surface area contributed by atoms with Crippen LogP contribution >= 0.6 is 0 Å². The van der Waals surface area contributed by atoms with Crippen molar-refractivity contribution in [2.75, 3.05) is 5.01 Å². The van der Waals surface area contributed by atoms with Gasteiger partial charge in [0.1, 0.15) is 0 Å². The van der Waals surface area contributed by atoms with Crippen molar-refractivity contribution in [2.45, 2.75) is 0 Å². The summed E-state index contributed by atoms with van der Waals surface area (Å²) in [4.78, 5) is 23.3. The van der Waals surface area contributed by atoms with Gasteiger partial charge in [0.15, 0.2) is 0 Å². The van der Waals surface area contributed by atoms with E-state index in [2.05, 4.69) is 5.43 Å². The van der Waals surface area contributed by atoms with Gasteiger partial charge in [-0.1, -0.05) is 54.6 Å². The second-order valence-electron chi connectivity index (χ2n) is 6.41. The number of non-ortho nitro benzene ring substituents is 1. The van der Waals surface area contributed by atoms with Crippen LogP contribution in [-0.4, -0.2) is 10.8 Å². The molecule has 0 unspecified atom stereocenters. The highest BCUT2D eigenvalue weighted by molar-refractivity contribution is 6.00. The fraction of sp³-hybridized carbons (Fsp3) is 0. The molecule has 0 aliphatic rings. The van der Waals surface area contributed by atoms with E-state index < -0.39 is 4.92 Å². The first-order valence-electron chi connectivity index (χ1n) is 9.02. The topological polar surface area (TPSA) is 75.5 Å². The Kier molecular flexibility index (Phi) is 4.90. The maximum absolute atomic E-state index is 12.9. The molecule has 0 saturated heterocycles. The zero-order valence-corrected chi connectivity index (χ0v) is 15.4. The summed E-state index contributed by atoms with van der Waals surface area (Å²) in [6.45, 7) is 0. The van der Waals surface area contributed by atoms with Crippen molar-refractivity contribution in [3.05, 3.63) is 113 Å². The molecule has 0 bridgehead atoms. The SMILES string of the molecule is O=C(NN(c1ccccc1)c1cccc2ccccc12)c1ccc([N+](=O)[O-])cc1. The summed E-state index contributed by atoms with van der Waals surface area (Å²) in [6, 6.07) is 28.8. The number of nitrogens with one attached hydrogen (secondary N) is 1. The number of anilines is 2. The Morgan fingerprint density at radius 2 is 1.45 bits per heavy atom. The van der Waals surface area contributed by atoms with Gasteiger partial charge >= 0.3 is 0 Å². The summed E-state index contributed by atoms with van der Waals surface area (Å²) in [5.41, 5.74) is 4.82. The number of hydrogen-bond donors (Lipinski definition) is 1. The average Bonchev–Trinajstić information content (AvgIpc) is 2.77. The fourth-order valence-corrected chi connectivity index (χ4v) is 3.14. The van der Waals surface area contributed by atoms with Crippen molar-refractivity contribution in [1.82, 2.24) is 5.43 Å². The number of nitro benzene ring substituents is 1. The summed E-state index contributed by atoms with van der Waals surface area (Å²) in [7, 11) is 0. The zero-order valence-electron chi connectivity index (χ0n) is 15.4. The zero-order chi connectivity index (χ0) is 20.2. The molecule has 0 aliphatic heterocycles. The van der Waals surface area contributed by atoms with Crippen LogP contribution in [0.4, 0.5) is 17.1 Å². The number of amides is 1. The number of fused-ring (bicyclic) bond motifs is 1. The van der Waals surface area contributed by atoms with Gasteiger partial charge in [-0.15, -0.1) is 0 Å². The first kappa shape index (κ1) is 18.2. The molecule has 4 aromatic rings. The lowest BCUT2D eigenvalue weighted by molar-refractivity contribution is -0.384. The number of para-hydroxylation sites is 1. The number of hydrogen-bond acceptors (Lipinski definition) is 4. The molecule has 4 rings (SSSR count). The minimum atomic E-state index is -0.492. The third-order valence-corrected chi connectivity index (χ3v) is 4.58. The van der Waals surface area contributed by atoms with Crippen molar-refractivity contribution >= 4 is 33.7 Å². The number of hydrazine groups is 1. The lowest BCUT2D eigenvalue weighted by Crippen LogP contribution is -2.39. The second-order valence-corrected chi connectivity index (χ2v) is 6.41. The number of carbonyl (C=O) groups excluding carboxylic acids is 1. The summed E-state index contributed by atoms with van der Waals surface area (Å²) in [5, 5.41) is 14.6. The predicted molar refractivity (Wildman–Crippen MR) is 113 cm³/mol. The van der Waals surface area contributed by atoms with Crippen LogP contribution in [0.25, 0.3) is 10.8 Å². The highest BCUT2D eigenvalue weighted by atomic mass is 16.6. The van der Waals surface area contributed by atoms with Gasteiger partial charge in [-0.25, -0.2) is 0 Å². The molecule has 4 aromatic carbocycles. The van der Waals surface area contributed by atoms with Gasteiger partial charge < -0.3 is 0 Å². The molecule has 0 radical (unpaired) electrons. The van der Waals surface area contributed by atoms with E-state index in [4.69, 9.17) is 0 Å². The molecule has 0 heterocycles. The number of nitro groups is 1. The van der Waals surface area contributed by atoms with Crippen LogP contribution in [0.3, 0.4) is 0 Å². The van der Waals surface area contributed by atoms with Crippen molar-refractivity contribution in [1.29, 1.82) is 0 Å². The van der Waals surface area contributed by atoms with Crippen molar-refractivity contribution in [2.24, 2.45) is 0 Å². The quantitative estimate of drug-likeness (QED) is 0.378. The van der Waals surface area contributed by atoms with E-state index in [1.165, 1.54) is 24.3 Å². The minimum Gasteiger partial charge on any atom is -0.267 e. The number of rotatable bonds is 5. The van der Waals surface area contributed by atoms with Gasteiger partial charge in [0, 0.05) is 23.1 Å². The molecule has 1 N–H and O–H groups in total. The molecule has 0 spiro atoms. The molecular formula is C23H17N3O3. The minimum absolute atomic E-state index is 0.0597. The normalized spacial score (nSPS) is 10.5. The molecule has 0 aliphatic carbocycles. The Hall–Kier alpha value is -4.19. The Morgan fingerprint density at radius 1 is 0.793 bits per heavy atom. The third kappa shape index (κ3) is 3.77. The summed E-state index contributed by atoms with van der Waals surface area (Å²) in [6.07, 6.45) is 0. The maximum Gasteiger partial charge on any atom is 0.270 e. The van der Waals surface area contributed by atoms with Crippen molar-refractivity contribution < 1.29 is 9.72 Å². The van der Waals surface area contributed by atoms with Crippen molar-refractivity contribution in [3.8, 4) is 0 Å². The van der Waals surface area contributed by atoms with Crippen molar-refractivity contribution in [3.63, 3.8) is 0 Å².